The van der Waals surface area contributed by atoms with Gasteiger partial charge in [0.15, 0.2) is 0 Å². The Hall–Kier alpha value is -3.35. The highest BCUT2D eigenvalue weighted by molar-refractivity contribution is 5.89. The van der Waals surface area contributed by atoms with E-state index in [0.717, 1.165) is 28.5 Å². The largest absolute Gasteiger partial charge is 0.416 e. The molecule has 0 saturated heterocycles. The van der Waals surface area contributed by atoms with E-state index in [-0.39, 0.29) is 18.4 Å². The molecule has 3 N–H and O–H groups in total. The van der Waals surface area contributed by atoms with Crippen LogP contribution < -0.4 is 11.1 Å². The molecule has 0 aliphatic rings. The van der Waals surface area contributed by atoms with Crippen molar-refractivity contribution in [2.45, 2.75) is 25.1 Å². The Bertz CT molecular complexity index is 1050. The molecule has 0 fully saturated rings. The van der Waals surface area contributed by atoms with Crippen LogP contribution in [0.25, 0.3) is 10.8 Å². The number of carbonyl (C=O) groups is 2. The maximum absolute atomic E-state index is 12.9. The van der Waals surface area contributed by atoms with Gasteiger partial charge in [0.1, 0.15) is 6.04 Å². The molecule has 0 aliphatic heterocycles. The lowest BCUT2D eigenvalue weighted by molar-refractivity contribution is -0.137. The van der Waals surface area contributed by atoms with Crippen LogP contribution in [0.4, 0.5) is 13.2 Å². The predicted octanol–water partition coefficient (Wildman–Crippen LogP) is 3.61. The van der Waals surface area contributed by atoms with Crippen LogP contribution in [-0.4, -0.2) is 17.9 Å². The molecule has 0 spiro atoms. The maximum Gasteiger partial charge on any atom is 0.416 e. The number of benzene rings is 3. The van der Waals surface area contributed by atoms with Gasteiger partial charge < -0.3 is 11.1 Å². The number of nitrogens with one attached hydrogen (secondary N) is 1. The first-order valence-corrected chi connectivity index (χ1v) is 8.95. The summed E-state index contributed by atoms with van der Waals surface area (Å²) < 4.78 is 38.6. The summed E-state index contributed by atoms with van der Waals surface area (Å²) in [5.74, 6) is -1.25. The van der Waals surface area contributed by atoms with Gasteiger partial charge >= 0.3 is 6.18 Å². The van der Waals surface area contributed by atoms with Crippen LogP contribution >= 0.6 is 0 Å². The molecule has 0 unspecified atom stereocenters. The Balaban J connectivity index is 1.69. The summed E-state index contributed by atoms with van der Waals surface area (Å²) in [4.78, 5) is 24.1. The van der Waals surface area contributed by atoms with Crippen LogP contribution in [-0.2, 0) is 28.6 Å². The summed E-state index contributed by atoms with van der Waals surface area (Å²) in [6.07, 6.45) is -4.59. The zero-order valence-electron chi connectivity index (χ0n) is 15.4. The molecule has 0 radical (unpaired) electrons. The second kappa shape index (κ2) is 8.34. The van der Waals surface area contributed by atoms with E-state index in [0.29, 0.717) is 0 Å². The van der Waals surface area contributed by atoms with Gasteiger partial charge in [-0.25, -0.2) is 0 Å². The molecule has 0 heterocycles. The molecule has 7 heteroatoms. The van der Waals surface area contributed by atoms with E-state index < -0.39 is 29.6 Å². The first-order chi connectivity index (χ1) is 13.7. The zero-order chi connectivity index (χ0) is 21.0. The molecule has 2 amide bonds. The van der Waals surface area contributed by atoms with Gasteiger partial charge in [0.25, 0.3) is 0 Å². The fraction of sp³-hybridized carbons (Fsp3) is 0.182. The highest BCUT2D eigenvalue weighted by atomic mass is 19.4. The number of carbonyl (C=O) groups excluding carboxylic acids is 2. The number of nitrogens with two attached hydrogens (primary N) is 1. The normalized spacial score (nSPS) is 12.5. The van der Waals surface area contributed by atoms with Crippen molar-refractivity contribution in [3.8, 4) is 0 Å². The first kappa shape index (κ1) is 20.4. The minimum absolute atomic E-state index is 0.0250. The van der Waals surface area contributed by atoms with Gasteiger partial charge in [0.05, 0.1) is 12.0 Å². The quantitative estimate of drug-likeness (QED) is 0.664. The number of amides is 2. The molecular formula is C22H19F3N2O2. The number of alkyl halides is 3. The first-order valence-electron chi connectivity index (χ1n) is 8.95. The lowest BCUT2D eigenvalue weighted by Gasteiger charge is -2.17. The van der Waals surface area contributed by atoms with Gasteiger partial charge in [-0.3, -0.25) is 9.59 Å². The van der Waals surface area contributed by atoms with Gasteiger partial charge in [-0.2, -0.15) is 13.2 Å². The molecule has 3 aromatic carbocycles. The molecule has 150 valence electrons. The van der Waals surface area contributed by atoms with Crippen LogP contribution in [0.2, 0.25) is 0 Å². The van der Waals surface area contributed by atoms with Gasteiger partial charge in [-0.05, 0) is 28.0 Å². The predicted molar refractivity (Wildman–Crippen MR) is 104 cm³/mol. The molecular weight excluding hydrogens is 381 g/mol. The maximum atomic E-state index is 12.9. The van der Waals surface area contributed by atoms with Crippen molar-refractivity contribution in [1.29, 1.82) is 0 Å². The summed E-state index contributed by atoms with van der Waals surface area (Å²) in [5.41, 5.74) is 5.54. The molecule has 29 heavy (non-hydrogen) atoms. The molecule has 0 aromatic heterocycles. The molecule has 0 bridgehead atoms. The molecule has 4 nitrogen and oxygen atoms in total. The van der Waals surface area contributed by atoms with Crippen molar-refractivity contribution < 1.29 is 22.8 Å². The lowest BCUT2D eigenvalue weighted by atomic mass is 10.0. The average molecular weight is 400 g/mol. The number of hydrogen-bond donors (Lipinski definition) is 2. The van der Waals surface area contributed by atoms with Crippen LogP contribution in [0.3, 0.4) is 0 Å². The third-order valence-electron chi connectivity index (χ3n) is 4.55. The minimum Gasteiger partial charge on any atom is -0.368 e. The second-order valence-corrected chi connectivity index (χ2v) is 6.78. The standard InChI is InChI=1S/C22H19F3N2O2/c23-22(24,25)18-7-3-4-14(11-18)12-19(21(26)29)27-20(28)13-15-8-9-16-5-1-2-6-17(16)10-15/h1-11,19H,12-13H2,(H2,26,29)(H,27,28)/t19-/m0/s1. The van der Waals surface area contributed by atoms with E-state index in [1.165, 1.54) is 12.1 Å². The van der Waals surface area contributed by atoms with Crippen LogP contribution in [0.15, 0.2) is 66.7 Å². The Morgan fingerprint density at radius 2 is 1.62 bits per heavy atom. The van der Waals surface area contributed by atoms with Crippen molar-refractivity contribution in [2.24, 2.45) is 5.73 Å². The third-order valence-corrected chi connectivity index (χ3v) is 4.55. The van der Waals surface area contributed by atoms with E-state index >= 15 is 0 Å². The van der Waals surface area contributed by atoms with E-state index in [2.05, 4.69) is 5.32 Å². The number of fused-ring (bicyclic) bond motifs is 1. The van der Waals surface area contributed by atoms with E-state index in [1.54, 1.807) is 0 Å². The SMILES string of the molecule is NC(=O)[C@H](Cc1cccc(C(F)(F)F)c1)NC(=O)Cc1ccc2ccccc2c1. The number of primary amides is 1. The summed E-state index contributed by atoms with van der Waals surface area (Å²) >= 11 is 0. The highest BCUT2D eigenvalue weighted by Gasteiger charge is 2.30. The fourth-order valence-electron chi connectivity index (χ4n) is 3.11. The van der Waals surface area contributed by atoms with Gasteiger partial charge in [-0.15, -0.1) is 0 Å². The zero-order valence-corrected chi connectivity index (χ0v) is 15.4. The Kier molecular flexibility index (Phi) is 5.87. The van der Waals surface area contributed by atoms with E-state index in [4.69, 9.17) is 5.73 Å². The Labute approximate surface area is 165 Å². The molecule has 3 rings (SSSR count). The fourth-order valence-corrected chi connectivity index (χ4v) is 3.11. The van der Waals surface area contributed by atoms with Gasteiger partial charge in [-0.1, -0.05) is 60.7 Å². The summed E-state index contributed by atoms with van der Waals surface area (Å²) in [7, 11) is 0. The highest BCUT2D eigenvalue weighted by Crippen LogP contribution is 2.29. The number of rotatable bonds is 6. The Morgan fingerprint density at radius 3 is 2.31 bits per heavy atom. The molecule has 3 aromatic rings. The minimum atomic E-state index is -4.49. The van der Waals surface area contributed by atoms with Crippen molar-refractivity contribution in [1.82, 2.24) is 5.32 Å². The van der Waals surface area contributed by atoms with Gasteiger partial charge in [0, 0.05) is 6.42 Å². The third kappa shape index (κ3) is 5.34. The lowest BCUT2D eigenvalue weighted by Crippen LogP contribution is -2.46. The molecule has 0 aliphatic carbocycles. The van der Waals surface area contributed by atoms with Gasteiger partial charge in [0.2, 0.25) is 11.8 Å². The topological polar surface area (TPSA) is 72.2 Å². The van der Waals surface area contributed by atoms with Crippen LogP contribution in [0.5, 0.6) is 0 Å². The number of hydrogen-bond acceptors (Lipinski definition) is 2. The summed E-state index contributed by atoms with van der Waals surface area (Å²) in [5, 5.41) is 4.54. The smallest absolute Gasteiger partial charge is 0.368 e. The van der Waals surface area contributed by atoms with Crippen LogP contribution in [0.1, 0.15) is 16.7 Å². The van der Waals surface area contributed by atoms with Crippen molar-refractivity contribution in [3.63, 3.8) is 0 Å². The molecule has 0 saturated carbocycles. The van der Waals surface area contributed by atoms with Crippen LogP contribution in [0, 0.1) is 0 Å². The Morgan fingerprint density at radius 1 is 0.897 bits per heavy atom. The monoisotopic (exact) mass is 400 g/mol. The average Bonchev–Trinajstić information content (AvgIpc) is 2.67. The van der Waals surface area contributed by atoms with E-state index in [1.807, 2.05) is 42.5 Å². The summed E-state index contributed by atoms with van der Waals surface area (Å²) in [6, 6.07) is 16.8. The number of halogens is 3. The summed E-state index contributed by atoms with van der Waals surface area (Å²) in [6.45, 7) is 0. The van der Waals surface area contributed by atoms with Crippen molar-refractivity contribution >= 4 is 22.6 Å². The van der Waals surface area contributed by atoms with Crippen molar-refractivity contribution in [3.05, 3.63) is 83.4 Å². The molecule has 1 atom stereocenters. The second-order valence-electron chi connectivity index (χ2n) is 6.78. The van der Waals surface area contributed by atoms with E-state index in [9.17, 15) is 22.8 Å². The van der Waals surface area contributed by atoms with Crippen molar-refractivity contribution in [2.75, 3.05) is 0 Å².